The molecular weight excluding hydrogens is 344 g/mol. The van der Waals surface area contributed by atoms with Gasteiger partial charge in [-0.25, -0.2) is 4.98 Å². The number of aromatic nitrogens is 1. The first-order chi connectivity index (χ1) is 10.4. The van der Waals surface area contributed by atoms with Crippen molar-refractivity contribution in [3.8, 4) is 0 Å². The maximum atomic E-state index is 12.6. The molecule has 0 aromatic carbocycles. The number of carbonyl (C=O) groups excluding carboxylic acids is 1. The molecule has 0 radical (unpaired) electrons. The monoisotopic (exact) mass is 364 g/mol. The van der Waals surface area contributed by atoms with Crippen LogP contribution in [-0.2, 0) is 0 Å². The summed E-state index contributed by atoms with van der Waals surface area (Å²) in [5.74, 6) is 1.43. The number of hydrogen-bond donors (Lipinski definition) is 2. The smallest absolute Gasteiger partial charge is 0.270 e. The van der Waals surface area contributed by atoms with E-state index in [4.69, 9.17) is 0 Å². The Hall–Kier alpha value is -0.940. The van der Waals surface area contributed by atoms with Crippen LogP contribution in [0.3, 0.4) is 0 Å². The number of pyridine rings is 1. The zero-order chi connectivity index (χ0) is 15.5. The fraction of sp³-hybridized carbons (Fsp3) is 0.647. The molecule has 2 atom stereocenters. The molecule has 5 heteroatoms. The Kier molecular flexibility index (Phi) is 3.35. The molecule has 1 aromatic heterocycles. The van der Waals surface area contributed by atoms with E-state index in [1.165, 1.54) is 0 Å². The predicted octanol–water partition coefficient (Wildman–Crippen LogP) is 2.82. The third-order valence-electron chi connectivity index (χ3n) is 5.80. The SMILES string of the molecule is Cc1cc(Br)cnc1C(=O)NC1C2CC3CC1CC(O)(C3)C2. The number of aryl methyl sites for hydroxylation is 1. The number of nitrogens with zero attached hydrogens (tertiary/aromatic N) is 1. The first kappa shape index (κ1) is 14.6. The predicted molar refractivity (Wildman–Crippen MR) is 86.4 cm³/mol. The lowest BCUT2D eigenvalue weighted by molar-refractivity contribution is -0.136. The Balaban J connectivity index is 1.53. The van der Waals surface area contributed by atoms with Crippen molar-refractivity contribution in [3.05, 3.63) is 28.0 Å². The number of nitrogens with one attached hydrogen (secondary N) is 1. The van der Waals surface area contributed by atoms with Crippen molar-refractivity contribution < 1.29 is 9.90 Å². The molecule has 0 aliphatic heterocycles. The van der Waals surface area contributed by atoms with E-state index in [-0.39, 0.29) is 11.9 Å². The average molecular weight is 365 g/mol. The summed E-state index contributed by atoms with van der Waals surface area (Å²) in [4.78, 5) is 16.9. The van der Waals surface area contributed by atoms with E-state index < -0.39 is 5.60 Å². The van der Waals surface area contributed by atoms with E-state index in [0.29, 0.717) is 23.4 Å². The van der Waals surface area contributed by atoms with Gasteiger partial charge >= 0.3 is 0 Å². The van der Waals surface area contributed by atoms with E-state index in [1.807, 2.05) is 13.0 Å². The Morgan fingerprint density at radius 1 is 1.36 bits per heavy atom. The van der Waals surface area contributed by atoms with Crippen molar-refractivity contribution in [2.45, 2.75) is 50.7 Å². The van der Waals surface area contributed by atoms with Gasteiger partial charge < -0.3 is 10.4 Å². The highest BCUT2D eigenvalue weighted by molar-refractivity contribution is 9.10. The van der Waals surface area contributed by atoms with Gasteiger partial charge in [-0.05, 0) is 84.3 Å². The maximum Gasteiger partial charge on any atom is 0.270 e. The fourth-order valence-electron chi connectivity index (χ4n) is 5.21. The Bertz CT molecular complexity index is 617. The second-order valence-electron chi connectivity index (χ2n) is 7.51. The first-order valence-electron chi connectivity index (χ1n) is 8.09. The molecule has 0 spiro atoms. The minimum atomic E-state index is -0.455. The number of amides is 1. The van der Waals surface area contributed by atoms with Crippen LogP contribution in [0.4, 0.5) is 0 Å². The summed E-state index contributed by atoms with van der Waals surface area (Å²) in [6.45, 7) is 1.91. The summed E-state index contributed by atoms with van der Waals surface area (Å²) in [6.07, 6.45) is 6.62. The minimum absolute atomic E-state index is 0.0746. The van der Waals surface area contributed by atoms with Crippen LogP contribution in [0, 0.1) is 24.7 Å². The Morgan fingerprint density at radius 3 is 2.64 bits per heavy atom. The lowest BCUT2D eigenvalue weighted by Gasteiger charge is -2.58. The minimum Gasteiger partial charge on any atom is -0.390 e. The molecule has 22 heavy (non-hydrogen) atoms. The third-order valence-corrected chi connectivity index (χ3v) is 6.23. The second-order valence-corrected chi connectivity index (χ2v) is 8.43. The van der Waals surface area contributed by atoms with Crippen LogP contribution in [0.25, 0.3) is 0 Å². The molecule has 4 saturated carbocycles. The molecule has 2 N–H and O–H groups in total. The largest absolute Gasteiger partial charge is 0.390 e. The normalized spacial score (nSPS) is 39.0. The van der Waals surface area contributed by atoms with E-state index in [2.05, 4.69) is 26.2 Å². The zero-order valence-electron chi connectivity index (χ0n) is 12.7. The Morgan fingerprint density at radius 2 is 2.05 bits per heavy atom. The van der Waals surface area contributed by atoms with Gasteiger partial charge in [-0.1, -0.05) is 0 Å². The molecule has 5 rings (SSSR count). The topological polar surface area (TPSA) is 62.2 Å². The third kappa shape index (κ3) is 2.38. The highest BCUT2D eigenvalue weighted by atomic mass is 79.9. The van der Waals surface area contributed by atoms with Gasteiger partial charge in [-0.3, -0.25) is 4.79 Å². The van der Waals surface area contributed by atoms with Crippen molar-refractivity contribution in [3.63, 3.8) is 0 Å². The highest BCUT2D eigenvalue weighted by Crippen LogP contribution is 2.55. The number of hydrogen-bond acceptors (Lipinski definition) is 3. The molecule has 118 valence electrons. The molecule has 4 nitrogen and oxygen atoms in total. The summed E-state index contributed by atoms with van der Waals surface area (Å²) < 4.78 is 0.887. The van der Waals surface area contributed by atoms with Gasteiger partial charge in [0.05, 0.1) is 5.60 Å². The van der Waals surface area contributed by atoms with Crippen molar-refractivity contribution in [2.24, 2.45) is 17.8 Å². The van der Waals surface area contributed by atoms with Gasteiger partial charge in [0, 0.05) is 16.7 Å². The molecule has 0 saturated heterocycles. The number of carbonyl (C=O) groups is 1. The van der Waals surface area contributed by atoms with Crippen LogP contribution in [0.5, 0.6) is 0 Å². The van der Waals surface area contributed by atoms with Gasteiger partial charge in [-0.15, -0.1) is 0 Å². The van der Waals surface area contributed by atoms with Gasteiger partial charge in [0.25, 0.3) is 5.91 Å². The van der Waals surface area contributed by atoms with Gasteiger partial charge in [0.15, 0.2) is 0 Å². The van der Waals surface area contributed by atoms with Crippen LogP contribution in [0.2, 0.25) is 0 Å². The summed E-state index contributed by atoms with van der Waals surface area (Å²) in [5.41, 5.74) is 0.939. The van der Waals surface area contributed by atoms with Crippen LogP contribution in [-0.4, -0.2) is 27.6 Å². The highest BCUT2D eigenvalue weighted by Gasteiger charge is 2.55. The Labute approximate surface area is 138 Å². The van der Waals surface area contributed by atoms with Crippen LogP contribution >= 0.6 is 15.9 Å². The molecule has 4 aliphatic rings. The number of aliphatic hydroxyl groups is 1. The molecule has 4 bridgehead atoms. The summed E-state index contributed by atoms with van der Waals surface area (Å²) in [5, 5.41) is 13.8. The van der Waals surface area contributed by atoms with Crippen LogP contribution < -0.4 is 5.32 Å². The summed E-state index contributed by atoms with van der Waals surface area (Å²) in [6, 6.07) is 2.12. The van der Waals surface area contributed by atoms with Crippen molar-refractivity contribution in [2.75, 3.05) is 0 Å². The zero-order valence-corrected chi connectivity index (χ0v) is 14.3. The van der Waals surface area contributed by atoms with Crippen LogP contribution in [0.15, 0.2) is 16.7 Å². The standard InChI is InChI=1S/C17H21BrN2O2/c1-9-2-13(18)8-19-14(9)16(21)20-15-11-3-10-4-12(15)7-17(22,5-10)6-11/h2,8,10-12,15,22H,3-7H2,1H3,(H,20,21). The molecule has 1 heterocycles. The van der Waals surface area contributed by atoms with Gasteiger partial charge in [0.1, 0.15) is 5.69 Å². The lowest BCUT2D eigenvalue weighted by atomic mass is 9.52. The van der Waals surface area contributed by atoms with E-state index in [1.54, 1.807) is 6.20 Å². The van der Waals surface area contributed by atoms with E-state index in [0.717, 1.165) is 42.1 Å². The summed E-state index contributed by atoms with van der Waals surface area (Å²) >= 11 is 3.38. The average Bonchev–Trinajstić information content (AvgIpc) is 2.40. The van der Waals surface area contributed by atoms with E-state index in [9.17, 15) is 9.90 Å². The van der Waals surface area contributed by atoms with Crippen molar-refractivity contribution >= 4 is 21.8 Å². The quantitative estimate of drug-likeness (QED) is 0.847. The van der Waals surface area contributed by atoms with Crippen molar-refractivity contribution in [1.29, 1.82) is 0 Å². The van der Waals surface area contributed by atoms with Crippen LogP contribution in [0.1, 0.15) is 48.2 Å². The van der Waals surface area contributed by atoms with Crippen molar-refractivity contribution in [1.82, 2.24) is 10.3 Å². The molecular formula is C17H21BrN2O2. The number of halogens is 1. The molecule has 1 aromatic rings. The molecule has 2 unspecified atom stereocenters. The van der Waals surface area contributed by atoms with Gasteiger partial charge in [-0.2, -0.15) is 0 Å². The number of rotatable bonds is 2. The molecule has 4 aliphatic carbocycles. The lowest BCUT2D eigenvalue weighted by Crippen LogP contribution is -2.61. The second kappa shape index (κ2) is 5.03. The maximum absolute atomic E-state index is 12.6. The molecule has 1 amide bonds. The summed E-state index contributed by atoms with van der Waals surface area (Å²) in [7, 11) is 0. The first-order valence-corrected chi connectivity index (χ1v) is 8.88. The fourth-order valence-corrected chi connectivity index (χ4v) is 5.66. The molecule has 4 fully saturated rings. The van der Waals surface area contributed by atoms with Gasteiger partial charge in [0.2, 0.25) is 0 Å². The van der Waals surface area contributed by atoms with E-state index >= 15 is 0 Å².